The van der Waals surface area contributed by atoms with E-state index in [9.17, 15) is 19.3 Å². The number of thiophene rings is 1. The number of aryl methyl sites for hydroxylation is 2. The van der Waals surface area contributed by atoms with Gasteiger partial charge < -0.3 is 5.32 Å². The number of carbonyl (C=O) groups is 1. The van der Waals surface area contributed by atoms with E-state index in [2.05, 4.69) is 5.32 Å². The Morgan fingerprint density at radius 2 is 2.05 bits per heavy atom. The fourth-order valence-electron chi connectivity index (χ4n) is 1.79. The zero-order valence-electron chi connectivity index (χ0n) is 10.8. The molecule has 0 aliphatic rings. The Hall–Kier alpha value is -2.28. The zero-order valence-corrected chi connectivity index (χ0v) is 11.6. The average molecular weight is 294 g/mol. The SMILES string of the molecule is Cc1cc(C(=O)Nc2ccc(F)c([N+](=O)[O-])c2)c(C)s1. The summed E-state index contributed by atoms with van der Waals surface area (Å²) in [5, 5.41) is 13.2. The van der Waals surface area contributed by atoms with E-state index in [0.717, 1.165) is 21.9 Å². The van der Waals surface area contributed by atoms with Gasteiger partial charge in [-0.3, -0.25) is 14.9 Å². The Morgan fingerprint density at radius 1 is 1.35 bits per heavy atom. The molecule has 0 saturated heterocycles. The van der Waals surface area contributed by atoms with Gasteiger partial charge in [0.15, 0.2) is 0 Å². The summed E-state index contributed by atoms with van der Waals surface area (Å²) in [4.78, 5) is 23.7. The molecule has 0 aliphatic heterocycles. The van der Waals surface area contributed by atoms with E-state index in [0.29, 0.717) is 5.56 Å². The molecule has 7 heteroatoms. The number of nitro benzene ring substituents is 1. The van der Waals surface area contributed by atoms with Crippen LogP contribution >= 0.6 is 11.3 Å². The van der Waals surface area contributed by atoms with Gasteiger partial charge in [0.05, 0.1) is 10.5 Å². The van der Waals surface area contributed by atoms with Crippen LogP contribution in [0, 0.1) is 29.8 Å². The minimum atomic E-state index is -0.935. The van der Waals surface area contributed by atoms with Gasteiger partial charge in [-0.05, 0) is 32.0 Å². The summed E-state index contributed by atoms with van der Waals surface area (Å²) >= 11 is 1.49. The highest BCUT2D eigenvalue weighted by molar-refractivity contribution is 7.12. The molecule has 1 aromatic carbocycles. The number of halogens is 1. The molecule has 2 rings (SSSR count). The van der Waals surface area contributed by atoms with Crippen LogP contribution in [0.15, 0.2) is 24.3 Å². The highest BCUT2D eigenvalue weighted by atomic mass is 32.1. The number of carbonyl (C=O) groups excluding carboxylic acids is 1. The van der Waals surface area contributed by atoms with Crippen LogP contribution in [0.5, 0.6) is 0 Å². The van der Waals surface area contributed by atoms with Gasteiger partial charge in [-0.25, -0.2) is 0 Å². The van der Waals surface area contributed by atoms with Crippen LogP contribution in [-0.2, 0) is 0 Å². The first-order chi connectivity index (χ1) is 9.38. The molecular weight excluding hydrogens is 283 g/mol. The molecule has 1 N–H and O–H groups in total. The summed E-state index contributed by atoms with van der Waals surface area (Å²) in [5.41, 5.74) is 0.0341. The van der Waals surface area contributed by atoms with Crippen molar-refractivity contribution in [1.82, 2.24) is 0 Å². The van der Waals surface area contributed by atoms with Crippen molar-refractivity contribution in [3.05, 3.63) is 55.5 Å². The molecule has 0 saturated carbocycles. The first-order valence-electron chi connectivity index (χ1n) is 5.71. The third-order valence-electron chi connectivity index (χ3n) is 2.69. The van der Waals surface area contributed by atoms with E-state index in [1.807, 2.05) is 13.8 Å². The Morgan fingerprint density at radius 3 is 2.60 bits per heavy atom. The predicted octanol–water partition coefficient (Wildman–Crippen LogP) is 3.66. The van der Waals surface area contributed by atoms with E-state index in [1.54, 1.807) is 6.07 Å². The minimum absolute atomic E-state index is 0.186. The first-order valence-corrected chi connectivity index (χ1v) is 6.52. The molecule has 2 aromatic rings. The van der Waals surface area contributed by atoms with Gasteiger partial charge in [-0.1, -0.05) is 0 Å². The minimum Gasteiger partial charge on any atom is -0.322 e. The number of nitrogens with zero attached hydrogens (tertiary/aromatic N) is 1. The second kappa shape index (κ2) is 5.38. The van der Waals surface area contributed by atoms with Gasteiger partial charge in [0.2, 0.25) is 5.82 Å². The Bertz CT molecular complexity index is 697. The third kappa shape index (κ3) is 2.83. The molecule has 0 bridgehead atoms. The van der Waals surface area contributed by atoms with Crippen LogP contribution in [0.3, 0.4) is 0 Å². The maximum Gasteiger partial charge on any atom is 0.306 e. The van der Waals surface area contributed by atoms with E-state index in [-0.39, 0.29) is 11.6 Å². The van der Waals surface area contributed by atoms with Gasteiger partial charge in [-0.2, -0.15) is 4.39 Å². The molecule has 0 fully saturated rings. The van der Waals surface area contributed by atoms with Crippen LogP contribution in [0.4, 0.5) is 15.8 Å². The summed E-state index contributed by atoms with van der Waals surface area (Å²) in [7, 11) is 0. The van der Waals surface area contributed by atoms with Crippen molar-refractivity contribution < 1.29 is 14.1 Å². The van der Waals surface area contributed by atoms with Crippen LogP contribution in [0.1, 0.15) is 20.1 Å². The van der Waals surface area contributed by atoms with Crippen molar-refractivity contribution in [1.29, 1.82) is 0 Å². The third-order valence-corrected chi connectivity index (χ3v) is 3.65. The standard InChI is InChI=1S/C13H11FN2O3S/c1-7-5-10(8(2)20-7)13(17)15-9-3-4-11(14)12(6-9)16(18)19/h3-6H,1-2H3,(H,15,17). The summed E-state index contributed by atoms with van der Waals surface area (Å²) < 4.78 is 13.2. The normalized spacial score (nSPS) is 10.3. The van der Waals surface area contributed by atoms with E-state index < -0.39 is 16.4 Å². The topological polar surface area (TPSA) is 72.2 Å². The molecule has 0 atom stereocenters. The second-order valence-electron chi connectivity index (χ2n) is 4.20. The molecule has 1 heterocycles. The highest BCUT2D eigenvalue weighted by Gasteiger charge is 2.17. The molecular formula is C13H11FN2O3S. The molecule has 0 radical (unpaired) electrons. The summed E-state index contributed by atoms with van der Waals surface area (Å²) in [6.07, 6.45) is 0. The number of hydrogen-bond acceptors (Lipinski definition) is 4. The fraction of sp³-hybridized carbons (Fsp3) is 0.154. The summed E-state index contributed by atoms with van der Waals surface area (Å²) in [5.74, 6) is -1.30. The molecule has 20 heavy (non-hydrogen) atoms. The lowest BCUT2D eigenvalue weighted by Gasteiger charge is -2.05. The smallest absolute Gasteiger partial charge is 0.306 e. The van der Waals surface area contributed by atoms with Crippen molar-refractivity contribution in [2.75, 3.05) is 5.32 Å². The van der Waals surface area contributed by atoms with Crippen molar-refractivity contribution in [2.24, 2.45) is 0 Å². The van der Waals surface area contributed by atoms with E-state index in [1.165, 1.54) is 17.4 Å². The summed E-state index contributed by atoms with van der Waals surface area (Å²) in [6.45, 7) is 3.71. The highest BCUT2D eigenvalue weighted by Crippen LogP contribution is 2.24. The molecule has 5 nitrogen and oxygen atoms in total. The number of amides is 1. The Balaban J connectivity index is 2.26. The number of nitrogens with one attached hydrogen (secondary N) is 1. The summed E-state index contributed by atoms with van der Waals surface area (Å²) in [6, 6.07) is 4.99. The number of benzene rings is 1. The van der Waals surface area contributed by atoms with Crippen LogP contribution in [-0.4, -0.2) is 10.8 Å². The van der Waals surface area contributed by atoms with Gasteiger partial charge in [0.25, 0.3) is 5.91 Å². The maximum atomic E-state index is 13.2. The molecule has 1 aromatic heterocycles. The maximum absolute atomic E-state index is 13.2. The lowest BCUT2D eigenvalue weighted by molar-refractivity contribution is -0.387. The monoisotopic (exact) mass is 294 g/mol. The molecule has 0 aliphatic carbocycles. The van der Waals surface area contributed by atoms with E-state index >= 15 is 0 Å². The average Bonchev–Trinajstić information content (AvgIpc) is 2.70. The lowest BCUT2D eigenvalue weighted by atomic mass is 10.2. The van der Waals surface area contributed by atoms with Crippen LogP contribution in [0.2, 0.25) is 0 Å². The predicted molar refractivity (Wildman–Crippen MR) is 74.8 cm³/mol. The van der Waals surface area contributed by atoms with Gasteiger partial charge in [-0.15, -0.1) is 11.3 Å². The van der Waals surface area contributed by atoms with Crippen molar-refractivity contribution in [2.45, 2.75) is 13.8 Å². The largest absolute Gasteiger partial charge is 0.322 e. The number of nitro groups is 1. The number of hydrogen-bond donors (Lipinski definition) is 1. The quantitative estimate of drug-likeness (QED) is 0.693. The van der Waals surface area contributed by atoms with Crippen molar-refractivity contribution >= 4 is 28.6 Å². The molecule has 0 spiro atoms. The second-order valence-corrected chi connectivity index (χ2v) is 5.66. The van der Waals surface area contributed by atoms with Gasteiger partial charge >= 0.3 is 5.69 Å². The molecule has 0 unspecified atom stereocenters. The fourth-order valence-corrected chi connectivity index (χ4v) is 2.71. The van der Waals surface area contributed by atoms with E-state index in [4.69, 9.17) is 0 Å². The van der Waals surface area contributed by atoms with Gasteiger partial charge in [0.1, 0.15) is 0 Å². The molecule has 1 amide bonds. The van der Waals surface area contributed by atoms with Crippen molar-refractivity contribution in [3.63, 3.8) is 0 Å². The Labute approximate surface area is 118 Å². The first kappa shape index (κ1) is 14.1. The lowest BCUT2D eigenvalue weighted by Crippen LogP contribution is -2.12. The zero-order chi connectivity index (χ0) is 14.9. The number of anilines is 1. The van der Waals surface area contributed by atoms with Crippen LogP contribution in [0.25, 0.3) is 0 Å². The van der Waals surface area contributed by atoms with Gasteiger partial charge in [0, 0.05) is 21.5 Å². The van der Waals surface area contributed by atoms with Crippen molar-refractivity contribution in [3.8, 4) is 0 Å². The molecule has 104 valence electrons. The van der Waals surface area contributed by atoms with Crippen LogP contribution < -0.4 is 5.32 Å². The number of rotatable bonds is 3. The Kier molecular flexibility index (Phi) is 3.80.